The van der Waals surface area contributed by atoms with E-state index in [9.17, 15) is 9.59 Å². The van der Waals surface area contributed by atoms with Crippen molar-refractivity contribution in [3.05, 3.63) is 102 Å². The minimum Gasteiger partial charge on any atom is -0.459 e. The standard InChI is InChI=1S/C25H24N2O3S/c1-15(2)30-24(29)21-17(4)26-25-27(22(21)19-8-6-5-7-9-19)23(28)20(31-25)14-18-12-10-16(3)11-13-18/h5-15,22H,1-4H3. The fraction of sp³-hybridized carbons (Fsp3) is 0.240. The van der Waals surface area contributed by atoms with Gasteiger partial charge in [-0.15, -0.1) is 0 Å². The number of benzene rings is 2. The van der Waals surface area contributed by atoms with E-state index in [1.165, 1.54) is 11.3 Å². The summed E-state index contributed by atoms with van der Waals surface area (Å²) in [6.07, 6.45) is 1.60. The molecule has 0 aliphatic carbocycles. The molecule has 0 spiro atoms. The minimum absolute atomic E-state index is 0.166. The van der Waals surface area contributed by atoms with Gasteiger partial charge in [-0.2, -0.15) is 0 Å². The van der Waals surface area contributed by atoms with E-state index >= 15 is 0 Å². The summed E-state index contributed by atoms with van der Waals surface area (Å²) in [5.41, 5.74) is 3.75. The number of fused-ring (bicyclic) bond motifs is 1. The third-order valence-corrected chi connectivity index (χ3v) is 6.06. The molecular weight excluding hydrogens is 408 g/mol. The Morgan fingerprint density at radius 3 is 2.42 bits per heavy atom. The SMILES string of the molecule is CC1=C(C(=O)OC(C)C)C(c2ccccc2)n2c(sc(=Cc3ccc(C)cc3)c2=O)=N1. The largest absolute Gasteiger partial charge is 0.459 e. The Labute approximate surface area is 184 Å². The van der Waals surface area contributed by atoms with Crippen molar-refractivity contribution in [3.8, 4) is 0 Å². The molecule has 3 aromatic rings. The lowest BCUT2D eigenvalue weighted by atomic mass is 9.96. The van der Waals surface area contributed by atoms with Crippen molar-refractivity contribution in [3.63, 3.8) is 0 Å². The fourth-order valence-corrected chi connectivity index (χ4v) is 4.67. The molecule has 0 bridgehead atoms. The van der Waals surface area contributed by atoms with E-state index in [-0.39, 0.29) is 11.7 Å². The van der Waals surface area contributed by atoms with Crippen LogP contribution in [-0.4, -0.2) is 16.6 Å². The predicted molar refractivity (Wildman–Crippen MR) is 123 cm³/mol. The highest BCUT2D eigenvalue weighted by molar-refractivity contribution is 7.07. The molecule has 0 saturated heterocycles. The van der Waals surface area contributed by atoms with Crippen LogP contribution in [0.5, 0.6) is 0 Å². The molecule has 1 atom stereocenters. The fourth-order valence-electron chi connectivity index (χ4n) is 3.63. The van der Waals surface area contributed by atoms with Crippen molar-refractivity contribution in [2.24, 2.45) is 4.99 Å². The van der Waals surface area contributed by atoms with Crippen molar-refractivity contribution in [2.45, 2.75) is 39.8 Å². The maximum atomic E-state index is 13.5. The molecule has 2 heterocycles. The van der Waals surface area contributed by atoms with Gasteiger partial charge in [0.1, 0.15) is 0 Å². The average Bonchev–Trinajstić information content (AvgIpc) is 3.03. The van der Waals surface area contributed by atoms with Crippen molar-refractivity contribution >= 4 is 23.4 Å². The van der Waals surface area contributed by atoms with Gasteiger partial charge in [-0.25, -0.2) is 9.79 Å². The lowest BCUT2D eigenvalue weighted by molar-refractivity contribution is -0.143. The van der Waals surface area contributed by atoms with Gasteiger partial charge in [0.15, 0.2) is 4.80 Å². The summed E-state index contributed by atoms with van der Waals surface area (Å²) in [5.74, 6) is -0.446. The number of thiazole rings is 1. The second-order valence-electron chi connectivity index (χ2n) is 7.86. The summed E-state index contributed by atoms with van der Waals surface area (Å²) in [5, 5.41) is 0. The maximum Gasteiger partial charge on any atom is 0.338 e. The number of aromatic nitrogens is 1. The highest BCUT2D eigenvalue weighted by atomic mass is 32.1. The minimum atomic E-state index is -0.580. The zero-order chi connectivity index (χ0) is 22.1. The third kappa shape index (κ3) is 4.16. The number of ether oxygens (including phenoxy) is 1. The third-order valence-electron chi connectivity index (χ3n) is 5.07. The first-order chi connectivity index (χ1) is 14.8. The number of hydrogen-bond acceptors (Lipinski definition) is 5. The number of carbonyl (C=O) groups is 1. The Balaban J connectivity index is 1.93. The number of aryl methyl sites for hydroxylation is 1. The highest BCUT2D eigenvalue weighted by Gasteiger charge is 2.33. The lowest BCUT2D eigenvalue weighted by Gasteiger charge is -2.25. The first-order valence-corrected chi connectivity index (χ1v) is 11.0. The average molecular weight is 433 g/mol. The predicted octanol–water partition coefficient (Wildman–Crippen LogP) is 3.50. The molecule has 6 heteroatoms. The van der Waals surface area contributed by atoms with E-state index < -0.39 is 12.0 Å². The van der Waals surface area contributed by atoms with Gasteiger partial charge in [-0.1, -0.05) is 71.5 Å². The Morgan fingerprint density at radius 2 is 1.77 bits per heavy atom. The number of allylic oxidation sites excluding steroid dienone is 1. The van der Waals surface area contributed by atoms with Crippen molar-refractivity contribution in [2.75, 3.05) is 0 Å². The Kier molecular flexibility index (Phi) is 5.74. The van der Waals surface area contributed by atoms with Gasteiger partial charge in [0.2, 0.25) is 0 Å². The highest BCUT2D eigenvalue weighted by Crippen LogP contribution is 2.30. The number of nitrogens with zero attached hydrogens (tertiary/aromatic N) is 2. The molecule has 0 radical (unpaired) electrons. The quantitative estimate of drug-likeness (QED) is 0.593. The summed E-state index contributed by atoms with van der Waals surface area (Å²) < 4.78 is 7.70. The van der Waals surface area contributed by atoms with Gasteiger partial charge >= 0.3 is 5.97 Å². The zero-order valence-corrected chi connectivity index (χ0v) is 18.8. The molecule has 0 saturated carbocycles. The first-order valence-electron chi connectivity index (χ1n) is 10.2. The van der Waals surface area contributed by atoms with Gasteiger partial charge in [0, 0.05) is 0 Å². The molecule has 1 aliphatic rings. The maximum absolute atomic E-state index is 13.5. The Bertz CT molecular complexity index is 1330. The lowest BCUT2D eigenvalue weighted by Crippen LogP contribution is -2.40. The van der Waals surface area contributed by atoms with Crippen LogP contribution in [0.4, 0.5) is 0 Å². The number of rotatable bonds is 4. The van der Waals surface area contributed by atoms with Crippen LogP contribution in [0.2, 0.25) is 0 Å². The normalized spacial score (nSPS) is 16.3. The summed E-state index contributed by atoms with van der Waals surface area (Å²) in [7, 11) is 0. The molecule has 31 heavy (non-hydrogen) atoms. The van der Waals surface area contributed by atoms with E-state index in [0.717, 1.165) is 16.7 Å². The van der Waals surface area contributed by atoms with Crippen LogP contribution in [-0.2, 0) is 9.53 Å². The molecule has 4 rings (SSSR count). The molecule has 1 aromatic heterocycles. The van der Waals surface area contributed by atoms with Gasteiger partial charge < -0.3 is 4.74 Å². The molecule has 2 aromatic carbocycles. The van der Waals surface area contributed by atoms with Gasteiger partial charge in [-0.3, -0.25) is 9.36 Å². The van der Waals surface area contributed by atoms with Crippen molar-refractivity contribution in [1.82, 2.24) is 4.57 Å². The Morgan fingerprint density at radius 1 is 1.10 bits per heavy atom. The molecule has 1 unspecified atom stereocenters. The van der Waals surface area contributed by atoms with E-state index in [2.05, 4.69) is 4.99 Å². The van der Waals surface area contributed by atoms with Crippen LogP contribution in [0.1, 0.15) is 43.5 Å². The topological polar surface area (TPSA) is 60.7 Å². The summed E-state index contributed by atoms with van der Waals surface area (Å²) in [4.78, 5) is 31.7. The first kappa shape index (κ1) is 21.0. The van der Waals surface area contributed by atoms with Crippen LogP contribution in [0, 0.1) is 6.92 Å². The van der Waals surface area contributed by atoms with E-state index in [0.29, 0.717) is 20.6 Å². The molecular formula is C25H24N2O3S. The van der Waals surface area contributed by atoms with E-state index in [4.69, 9.17) is 4.74 Å². The molecule has 1 aliphatic heterocycles. The van der Waals surface area contributed by atoms with Crippen molar-refractivity contribution in [1.29, 1.82) is 0 Å². The Hall–Kier alpha value is -3.25. The monoisotopic (exact) mass is 432 g/mol. The summed E-state index contributed by atoms with van der Waals surface area (Å²) in [6, 6.07) is 17.0. The smallest absolute Gasteiger partial charge is 0.338 e. The van der Waals surface area contributed by atoms with Gasteiger partial charge in [0.25, 0.3) is 5.56 Å². The summed E-state index contributed by atoms with van der Waals surface area (Å²) >= 11 is 1.33. The van der Waals surface area contributed by atoms with Crippen molar-refractivity contribution < 1.29 is 9.53 Å². The van der Waals surface area contributed by atoms with Crippen LogP contribution in [0.3, 0.4) is 0 Å². The van der Waals surface area contributed by atoms with Crippen LogP contribution < -0.4 is 14.9 Å². The molecule has 0 fully saturated rings. The van der Waals surface area contributed by atoms with E-state index in [1.807, 2.05) is 81.4 Å². The second-order valence-corrected chi connectivity index (χ2v) is 8.87. The van der Waals surface area contributed by atoms with Crippen LogP contribution in [0.15, 0.2) is 75.7 Å². The zero-order valence-electron chi connectivity index (χ0n) is 18.0. The van der Waals surface area contributed by atoms with Gasteiger partial charge in [-0.05, 0) is 44.9 Å². The van der Waals surface area contributed by atoms with Crippen LogP contribution in [0.25, 0.3) is 6.08 Å². The number of esters is 1. The molecule has 0 amide bonds. The van der Waals surface area contributed by atoms with E-state index in [1.54, 1.807) is 11.5 Å². The van der Waals surface area contributed by atoms with Gasteiger partial charge in [0.05, 0.1) is 27.9 Å². The summed E-state index contributed by atoms with van der Waals surface area (Å²) in [6.45, 7) is 7.44. The molecule has 5 nitrogen and oxygen atoms in total. The number of carbonyl (C=O) groups excluding carboxylic acids is 1. The molecule has 0 N–H and O–H groups in total. The second kappa shape index (κ2) is 8.47. The number of hydrogen-bond donors (Lipinski definition) is 0. The van der Waals surface area contributed by atoms with Crippen LogP contribution >= 0.6 is 11.3 Å². The molecule has 158 valence electrons.